The van der Waals surface area contributed by atoms with Gasteiger partial charge in [0.15, 0.2) is 17.3 Å². The van der Waals surface area contributed by atoms with E-state index in [0.717, 1.165) is 9.54 Å². The number of imidazole rings is 1. The number of ether oxygens (including phenoxy) is 2. The summed E-state index contributed by atoms with van der Waals surface area (Å²) in [6.07, 6.45) is -0.912. The molecular formula is C30H36BrN5O6S. The van der Waals surface area contributed by atoms with Gasteiger partial charge in [-0.2, -0.15) is 4.90 Å². The number of hydrogen-bond donors (Lipinski definition) is 0. The van der Waals surface area contributed by atoms with Crippen molar-refractivity contribution in [2.45, 2.75) is 78.4 Å². The van der Waals surface area contributed by atoms with Crippen molar-refractivity contribution in [1.29, 1.82) is 0 Å². The molecule has 0 atom stereocenters. The fourth-order valence-corrected chi connectivity index (χ4v) is 5.49. The zero-order valence-electron chi connectivity index (χ0n) is 25.7. The van der Waals surface area contributed by atoms with Crippen molar-refractivity contribution in [1.82, 2.24) is 18.9 Å². The molecule has 0 aliphatic rings. The van der Waals surface area contributed by atoms with E-state index in [9.17, 15) is 18.0 Å². The van der Waals surface area contributed by atoms with Gasteiger partial charge in [0.1, 0.15) is 15.8 Å². The van der Waals surface area contributed by atoms with E-state index in [2.05, 4.69) is 30.9 Å². The number of carbonyl (C=O) groups is 2. The molecule has 0 aliphatic carbocycles. The Hall–Kier alpha value is -3.84. The van der Waals surface area contributed by atoms with Crippen LogP contribution in [0, 0.1) is 6.92 Å². The number of amides is 2. The highest BCUT2D eigenvalue weighted by molar-refractivity contribution is 9.10. The number of hydrogen-bond acceptors (Lipinski definition) is 9. The van der Waals surface area contributed by atoms with Crippen LogP contribution in [0.4, 0.5) is 15.4 Å². The van der Waals surface area contributed by atoms with Crippen LogP contribution in [-0.2, 0) is 19.5 Å². The molecule has 11 nitrogen and oxygen atoms in total. The average Bonchev–Trinajstić information content (AvgIpc) is 3.29. The first-order valence-corrected chi connectivity index (χ1v) is 15.8. The molecule has 0 fully saturated rings. The summed E-state index contributed by atoms with van der Waals surface area (Å²) in [5.74, 6) is -0.500. The van der Waals surface area contributed by atoms with Gasteiger partial charge in [-0.05, 0) is 88.7 Å². The standard InChI is InChI=1S/C28H30BrN5O6S.C2H6/c1-17-12-14-18(15-13-17)41(37,38)34-20-11-9-8-10-19(20)31-24(34)22-23(30-16-21(29)32-22)33(25(35)39-27(2,3)4)26(36)40-28(5,6)7;1-2/h8-16H,1-7H3;1-2H3. The molecule has 0 aliphatic heterocycles. The van der Waals surface area contributed by atoms with Crippen molar-refractivity contribution in [3.63, 3.8) is 0 Å². The molecule has 2 aromatic carbocycles. The molecule has 4 aromatic rings. The van der Waals surface area contributed by atoms with Crippen LogP contribution in [0.15, 0.2) is 64.2 Å². The number of nitrogens with zero attached hydrogens (tertiary/aromatic N) is 5. The first-order chi connectivity index (χ1) is 20.0. The Morgan fingerprint density at radius 1 is 0.860 bits per heavy atom. The summed E-state index contributed by atoms with van der Waals surface area (Å²) < 4.78 is 40.4. The Balaban J connectivity index is 0.00000248. The predicted octanol–water partition coefficient (Wildman–Crippen LogP) is 7.50. The summed E-state index contributed by atoms with van der Waals surface area (Å²) in [4.78, 5) is 40.8. The van der Waals surface area contributed by atoms with Crippen LogP contribution in [0.25, 0.3) is 22.6 Å². The van der Waals surface area contributed by atoms with Crippen LogP contribution in [0.1, 0.15) is 61.0 Å². The summed E-state index contributed by atoms with van der Waals surface area (Å²) in [6, 6.07) is 13.0. The van der Waals surface area contributed by atoms with E-state index in [0.29, 0.717) is 10.4 Å². The molecule has 230 valence electrons. The highest BCUT2D eigenvalue weighted by Gasteiger charge is 2.38. The van der Waals surface area contributed by atoms with E-state index in [1.54, 1.807) is 77.9 Å². The molecule has 0 spiro atoms. The monoisotopic (exact) mass is 673 g/mol. The van der Waals surface area contributed by atoms with Gasteiger partial charge in [0.05, 0.1) is 22.1 Å². The summed E-state index contributed by atoms with van der Waals surface area (Å²) >= 11 is 3.28. The van der Waals surface area contributed by atoms with Crippen LogP contribution in [-0.4, -0.2) is 50.7 Å². The molecule has 0 unspecified atom stereocenters. The van der Waals surface area contributed by atoms with Crippen molar-refractivity contribution in [3.05, 3.63) is 64.9 Å². The topological polar surface area (TPSA) is 134 Å². The lowest BCUT2D eigenvalue weighted by atomic mass is 10.2. The van der Waals surface area contributed by atoms with E-state index in [1.807, 2.05) is 20.8 Å². The number of halogens is 1. The first kappa shape index (κ1) is 33.7. The largest absolute Gasteiger partial charge is 0.443 e. The highest BCUT2D eigenvalue weighted by Crippen LogP contribution is 2.35. The number of para-hydroxylation sites is 2. The number of aryl methyl sites for hydroxylation is 1. The zero-order chi connectivity index (χ0) is 32.3. The molecule has 4 rings (SSSR count). The summed E-state index contributed by atoms with van der Waals surface area (Å²) in [5, 5.41) is 0. The molecule has 0 N–H and O–H groups in total. The van der Waals surface area contributed by atoms with Crippen LogP contribution < -0.4 is 4.90 Å². The maximum absolute atomic E-state index is 14.1. The number of imide groups is 1. The van der Waals surface area contributed by atoms with Crippen LogP contribution in [0.3, 0.4) is 0 Å². The third-order valence-corrected chi connectivity index (χ3v) is 7.48. The third-order valence-electron chi connectivity index (χ3n) is 5.38. The maximum atomic E-state index is 14.1. The second-order valence-electron chi connectivity index (χ2n) is 11.2. The molecule has 2 aromatic heterocycles. The molecule has 2 heterocycles. The van der Waals surface area contributed by atoms with Crippen molar-refractivity contribution >= 4 is 55.0 Å². The number of carbonyl (C=O) groups excluding carboxylic acids is 2. The van der Waals surface area contributed by atoms with E-state index in [1.165, 1.54) is 18.3 Å². The van der Waals surface area contributed by atoms with Crippen molar-refractivity contribution < 1.29 is 27.5 Å². The van der Waals surface area contributed by atoms with Crippen molar-refractivity contribution in [2.24, 2.45) is 0 Å². The van der Waals surface area contributed by atoms with Gasteiger partial charge in [-0.15, -0.1) is 0 Å². The van der Waals surface area contributed by atoms with Gasteiger partial charge in [0, 0.05) is 0 Å². The van der Waals surface area contributed by atoms with E-state index in [4.69, 9.17) is 9.47 Å². The molecule has 0 bridgehead atoms. The van der Waals surface area contributed by atoms with E-state index in [-0.39, 0.29) is 32.4 Å². The van der Waals surface area contributed by atoms with Crippen LogP contribution in [0.2, 0.25) is 0 Å². The van der Waals surface area contributed by atoms with Crippen LogP contribution in [0.5, 0.6) is 0 Å². The number of rotatable bonds is 4. The lowest BCUT2D eigenvalue weighted by Gasteiger charge is -2.28. The number of fused-ring (bicyclic) bond motifs is 1. The molecule has 0 saturated carbocycles. The number of benzene rings is 2. The SMILES string of the molecule is CC.Cc1ccc(S(=O)(=O)n2c(-c3nc(Br)cnc3N(C(=O)OC(C)(C)C)C(=O)OC(C)(C)C)nc3ccccc32)cc1. The second kappa shape index (κ2) is 12.8. The highest BCUT2D eigenvalue weighted by atomic mass is 79.9. The molecule has 43 heavy (non-hydrogen) atoms. The van der Waals surface area contributed by atoms with Gasteiger partial charge in [0.25, 0.3) is 10.0 Å². The minimum atomic E-state index is -4.25. The Labute approximate surface area is 260 Å². The van der Waals surface area contributed by atoms with Gasteiger partial charge < -0.3 is 9.47 Å². The molecule has 0 radical (unpaired) electrons. The number of anilines is 1. The molecule has 0 saturated heterocycles. The summed E-state index contributed by atoms with van der Waals surface area (Å²) in [6.45, 7) is 15.7. The Morgan fingerprint density at radius 2 is 1.40 bits per heavy atom. The number of aromatic nitrogens is 4. The Bertz CT molecular complexity index is 1710. The van der Waals surface area contributed by atoms with Gasteiger partial charge >= 0.3 is 12.2 Å². The normalized spacial score (nSPS) is 11.9. The van der Waals surface area contributed by atoms with Gasteiger partial charge in [-0.3, -0.25) is 0 Å². The minimum Gasteiger partial charge on any atom is -0.443 e. The molecule has 13 heteroatoms. The third kappa shape index (κ3) is 7.77. The van der Waals surface area contributed by atoms with Crippen molar-refractivity contribution in [3.8, 4) is 11.5 Å². The summed E-state index contributed by atoms with van der Waals surface area (Å²) in [7, 11) is -4.25. The fourth-order valence-electron chi connectivity index (χ4n) is 3.75. The first-order valence-electron chi connectivity index (χ1n) is 13.6. The smallest absolute Gasteiger partial charge is 0.425 e. The Morgan fingerprint density at radius 3 is 1.93 bits per heavy atom. The molecule has 2 amide bonds. The average molecular weight is 675 g/mol. The second-order valence-corrected chi connectivity index (χ2v) is 13.8. The van der Waals surface area contributed by atoms with Gasteiger partial charge in [0.2, 0.25) is 0 Å². The maximum Gasteiger partial charge on any atom is 0.425 e. The van der Waals surface area contributed by atoms with Gasteiger partial charge in [-0.25, -0.2) is 36.9 Å². The fraction of sp³-hybridized carbons (Fsp3) is 0.367. The molecular weight excluding hydrogens is 638 g/mol. The van der Waals surface area contributed by atoms with Gasteiger partial charge in [-0.1, -0.05) is 43.7 Å². The lowest BCUT2D eigenvalue weighted by molar-refractivity contribution is 0.0429. The van der Waals surface area contributed by atoms with Crippen LogP contribution >= 0.6 is 15.9 Å². The zero-order valence-corrected chi connectivity index (χ0v) is 28.1. The minimum absolute atomic E-state index is 0.00755. The van der Waals surface area contributed by atoms with Crippen molar-refractivity contribution in [2.75, 3.05) is 4.90 Å². The Kier molecular flexibility index (Phi) is 10.0. The van der Waals surface area contributed by atoms with E-state index >= 15 is 0 Å². The lowest BCUT2D eigenvalue weighted by Crippen LogP contribution is -2.44. The van der Waals surface area contributed by atoms with E-state index < -0.39 is 33.4 Å². The quantitative estimate of drug-likeness (QED) is 0.216. The summed E-state index contributed by atoms with van der Waals surface area (Å²) in [5.41, 5.74) is -0.665. The predicted molar refractivity (Wildman–Crippen MR) is 169 cm³/mol.